The number of carbonyl (C=O) groups is 1. The molecule has 0 saturated carbocycles. The zero-order valence-corrected chi connectivity index (χ0v) is 14.8. The monoisotopic (exact) mass is 346 g/mol. The molecule has 0 spiro atoms. The van der Waals surface area contributed by atoms with E-state index in [4.69, 9.17) is 5.73 Å². The lowest BCUT2D eigenvalue weighted by atomic mass is 10.0. The number of hydrogen-bond donors (Lipinski definition) is 2. The molecule has 1 aromatic rings. The van der Waals surface area contributed by atoms with Gasteiger partial charge in [0.2, 0.25) is 11.9 Å². The molecular formula is C17H26N6O2. The highest BCUT2D eigenvalue weighted by molar-refractivity contribution is 5.83. The summed E-state index contributed by atoms with van der Waals surface area (Å²) in [6, 6.07) is 3.17. The highest BCUT2D eigenvalue weighted by Crippen LogP contribution is 2.25. The fraction of sp³-hybridized carbons (Fsp3) is 0.647. The molecule has 1 aliphatic heterocycles. The molecule has 136 valence electrons. The first-order valence-corrected chi connectivity index (χ1v) is 8.61. The Morgan fingerprint density at radius 3 is 2.96 bits per heavy atom. The lowest BCUT2D eigenvalue weighted by Gasteiger charge is -2.30. The number of aliphatic hydroxyl groups is 1. The van der Waals surface area contributed by atoms with Crippen LogP contribution < -0.4 is 15.5 Å². The summed E-state index contributed by atoms with van der Waals surface area (Å²) in [7, 11) is 0. The zero-order valence-electron chi connectivity index (χ0n) is 14.8. The summed E-state index contributed by atoms with van der Waals surface area (Å²) in [6.07, 6.45) is 4.02. The van der Waals surface area contributed by atoms with Crippen LogP contribution in [0.15, 0.2) is 12.3 Å². The van der Waals surface area contributed by atoms with Gasteiger partial charge in [-0.25, -0.2) is 4.98 Å². The minimum Gasteiger partial charge on any atom is -0.394 e. The molecule has 1 saturated heterocycles. The van der Waals surface area contributed by atoms with Crippen LogP contribution in [-0.2, 0) is 4.79 Å². The molecule has 25 heavy (non-hydrogen) atoms. The molecular weight excluding hydrogens is 320 g/mol. The summed E-state index contributed by atoms with van der Waals surface area (Å²) < 4.78 is 0. The lowest BCUT2D eigenvalue weighted by Crippen LogP contribution is -2.46. The van der Waals surface area contributed by atoms with Crippen LogP contribution >= 0.6 is 0 Å². The van der Waals surface area contributed by atoms with Crippen LogP contribution in [0.1, 0.15) is 33.1 Å². The Hall–Kier alpha value is -2.40. The number of hydrogen-bond acceptors (Lipinski definition) is 7. The maximum absolute atomic E-state index is 11.9. The van der Waals surface area contributed by atoms with Crippen molar-refractivity contribution in [3.63, 3.8) is 0 Å². The van der Waals surface area contributed by atoms with Gasteiger partial charge in [0, 0.05) is 12.7 Å². The van der Waals surface area contributed by atoms with Crippen LogP contribution in [0.5, 0.6) is 0 Å². The number of anilines is 2. The van der Waals surface area contributed by atoms with Crippen LogP contribution in [0.25, 0.3) is 0 Å². The number of carbonyl (C=O) groups excluding carboxylic acids is 1. The first-order chi connectivity index (χ1) is 12.0. The molecule has 1 aliphatic rings. The molecule has 1 aromatic heterocycles. The predicted molar refractivity (Wildman–Crippen MR) is 94.9 cm³/mol. The number of nitrogens with two attached hydrogens (primary N) is 1. The largest absolute Gasteiger partial charge is 0.394 e. The summed E-state index contributed by atoms with van der Waals surface area (Å²) in [5.74, 6) is 0.778. The van der Waals surface area contributed by atoms with E-state index in [1.165, 1.54) is 0 Å². The second kappa shape index (κ2) is 8.62. The third-order valence-electron chi connectivity index (χ3n) is 4.41. The molecule has 2 heterocycles. The van der Waals surface area contributed by atoms with Crippen LogP contribution in [0.2, 0.25) is 0 Å². The number of nitriles is 1. The lowest BCUT2D eigenvalue weighted by molar-refractivity contribution is -0.119. The minimum absolute atomic E-state index is 0.00210. The number of aliphatic hydroxyl groups excluding tert-OH is 1. The third kappa shape index (κ3) is 4.57. The normalized spacial score (nSPS) is 18.2. The van der Waals surface area contributed by atoms with Gasteiger partial charge in [-0.15, -0.1) is 0 Å². The van der Waals surface area contributed by atoms with Crippen molar-refractivity contribution in [2.45, 2.75) is 45.2 Å². The number of amides is 1. The smallest absolute Gasteiger partial charge is 0.240 e. The SMILES string of the molecule is CC(C)C[C@@H](C(N)=O)N(CC#N)c1ccnc(N2CCC[C@@H]2CO)n1. The Morgan fingerprint density at radius 1 is 1.60 bits per heavy atom. The molecule has 1 amide bonds. The molecule has 0 radical (unpaired) electrons. The van der Waals surface area contributed by atoms with Crippen molar-refractivity contribution in [3.05, 3.63) is 12.3 Å². The van der Waals surface area contributed by atoms with Gasteiger partial charge in [0.25, 0.3) is 0 Å². The molecule has 8 heteroatoms. The van der Waals surface area contributed by atoms with E-state index in [2.05, 4.69) is 16.0 Å². The van der Waals surface area contributed by atoms with Gasteiger partial charge in [-0.3, -0.25) is 4.79 Å². The summed E-state index contributed by atoms with van der Waals surface area (Å²) in [4.78, 5) is 24.4. The van der Waals surface area contributed by atoms with E-state index in [0.29, 0.717) is 18.2 Å². The van der Waals surface area contributed by atoms with Gasteiger partial charge in [0.05, 0.1) is 18.7 Å². The van der Waals surface area contributed by atoms with Crippen LogP contribution in [-0.4, -0.2) is 52.8 Å². The first kappa shape index (κ1) is 18.9. The van der Waals surface area contributed by atoms with Crippen molar-refractivity contribution in [2.24, 2.45) is 11.7 Å². The predicted octanol–water partition coefficient (Wildman–Crippen LogP) is 0.668. The van der Waals surface area contributed by atoms with Gasteiger partial charge in [-0.2, -0.15) is 10.2 Å². The highest BCUT2D eigenvalue weighted by Gasteiger charge is 2.29. The molecule has 2 rings (SSSR count). The second-order valence-corrected chi connectivity index (χ2v) is 6.72. The van der Waals surface area contributed by atoms with Gasteiger partial charge < -0.3 is 20.6 Å². The van der Waals surface area contributed by atoms with E-state index in [9.17, 15) is 15.2 Å². The van der Waals surface area contributed by atoms with E-state index >= 15 is 0 Å². The van der Waals surface area contributed by atoms with Gasteiger partial charge in [0.15, 0.2) is 0 Å². The molecule has 0 unspecified atom stereocenters. The van der Waals surface area contributed by atoms with E-state index in [-0.39, 0.29) is 25.1 Å². The topological polar surface area (TPSA) is 119 Å². The molecule has 0 aliphatic carbocycles. The van der Waals surface area contributed by atoms with Crippen molar-refractivity contribution >= 4 is 17.7 Å². The molecule has 0 bridgehead atoms. The second-order valence-electron chi connectivity index (χ2n) is 6.72. The molecule has 0 aromatic carbocycles. The van der Waals surface area contributed by atoms with Crippen LogP contribution in [0, 0.1) is 17.2 Å². The maximum Gasteiger partial charge on any atom is 0.240 e. The number of primary amides is 1. The Bertz CT molecular complexity index is 630. The van der Waals surface area contributed by atoms with Gasteiger partial charge >= 0.3 is 0 Å². The fourth-order valence-corrected chi connectivity index (χ4v) is 3.20. The van der Waals surface area contributed by atoms with Crippen molar-refractivity contribution in [3.8, 4) is 6.07 Å². The van der Waals surface area contributed by atoms with Crippen molar-refractivity contribution in [1.82, 2.24) is 9.97 Å². The number of nitrogens with zero attached hydrogens (tertiary/aromatic N) is 5. The fourth-order valence-electron chi connectivity index (χ4n) is 3.20. The Labute approximate surface area is 148 Å². The third-order valence-corrected chi connectivity index (χ3v) is 4.41. The van der Waals surface area contributed by atoms with Crippen LogP contribution in [0.3, 0.4) is 0 Å². The van der Waals surface area contributed by atoms with Crippen molar-refractivity contribution in [2.75, 3.05) is 29.5 Å². The average molecular weight is 346 g/mol. The summed E-state index contributed by atoms with van der Waals surface area (Å²) in [5, 5.41) is 18.7. The minimum atomic E-state index is -0.602. The molecule has 8 nitrogen and oxygen atoms in total. The van der Waals surface area contributed by atoms with Crippen molar-refractivity contribution < 1.29 is 9.90 Å². The molecule has 2 atom stereocenters. The first-order valence-electron chi connectivity index (χ1n) is 8.61. The van der Waals surface area contributed by atoms with E-state index < -0.39 is 11.9 Å². The Balaban J connectivity index is 2.33. The molecule has 1 fully saturated rings. The van der Waals surface area contributed by atoms with Gasteiger partial charge in [-0.1, -0.05) is 13.8 Å². The highest BCUT2D eigenvalue weighted by atomic mass is 16.3. The maximum atomic E-state index is 11.9. The number of aromatic nitrogens is 2. The number of rotatable bonds is 8. The van der Waals surface area contributed by atoms with Gasteiger partial charge in [-0.05, 0) is 31.2 Å². The van der Waals surface area contributed by atoms with E-state index in [1.807, 2.05) is 18.7 Å². The molecule has 3 N–H and O–H groups in total. The van der Waals surface area contributed by atoms with E-state index in [1.54, 1.807) is 17.2 Å². The average Bonchev–Trinajstić information content (AvgIpc) is 3.06. The zero-order chi connectivity index (χ0) is 18.4. The van der Waals surface area contributed by atoms with Crippen molar-refractivity contribution in [1.29, 1.82) is 5.26 Å². The standard InChI is InChI=1S/C17H26N6O2/c1-12(2)10-14(16(19)25)23(9-6-18)15-5-7-20-17(21-15)22-8-3-4-13(22)11-24/h5,7,12-14,24H,3-4,8-11H2,1-2H3,(H2,19,25)/t13-,14+/m1/s1. The summed E-state index contributed by atoms with van der Waals surface area (Å²) in [5.41, 5.74) is 5.58. The summed E-state index contributed by atoms with van der Waals surface area (Å²) >= 11 is 0. The summed E-state index contributed by atoms with van der Waals surface area (Å²) in [6.45, 7) is 4.84. The van der Waals surface area contributed by atoms with Gasteiger partial charge in [0.1, 0.15) is 18.4 Å². The van der Waals surface area contributed by atoms with Crippen LogP contribution in [0.4, 0.5) is 11.8 Å². The Kier molecular flexibility index (Phi) is 6.53. The Morgan fingerprint density at radius 2 is 2.36 bits per heavy atom. The quantitative estimate of drug-likeness (QED) is 0.664. The van der Waals surface area contributed by atoms with E-state index in [0.717, 1.165) is 19.4 Å².